The number of rotatable bonds is 4. The normalized spacial score (nSPS) is 14.5. The summed E-state index contributed by atoms with van der Waals surface area (Å²) in [5.74, 6) is 0. The molecule has 0 unspecified atom stereocenters. The molecule has 0 amide bonds. The molecule has 0 spiro atoms. The van der Waals surface area contributed by atoms with Gasteiger partial charge in [0.15, 0.2) is 0 Å². The fourth-order valence-corrected chi connectivity index (χ4v) is 10.5. The number of benzene rings is 9. The van der Waals surface area contributed by atoms with Crippen molar-refractivity contribution in [3.05, 3.63) is 198 Å². The minimum atomic E-state index is -0.142. The molecule has 2 aliphatic rings. The lowest BCUT2D eigenvalue weighted by Crippen LogP contribution is -2.18. The first-order valence-electron chi connectivity index (χ1n) is 20.4. The first-order chi connectivity index (χ1) is 28.3. The van der Waals surface area contributed by atoms with Crippen LogP contribution in [0, 0.1) is 0 Å². The van der Waals surface area contributed by atoms with E-state index in [0.717, 1.165) is 50.1 Å². The van der Waals surface area contributed by atoms with Gasteiger partial charge < -0.3 is 9.32 Å². The Kier molecular flexibility index (Phi) is 6.78. The van der Waals surface area contributed by atoms with Crippen LogP contribution in [0.15, 0.2) is 180 Å². The molecule has 2 heteroatoms. The molecule has 0 aliphatic heterocycles. The SMILES string of the molecule is CC1(C)c2ccccc2-c2ccc(N(c3ccc4c(c3)C(C)(C)c3ccccc3-4)c3cccc4oc5c(-c6ccc7ccccc7c6)c6ccccc6cc5c34)cc21. The molecule has 0 fully saturated rings. The Morgan fingerprint density at radius 1 is 0.414 bits per heavy atom. The van der Waals surface area contributed by atoms with Crippen LogP contribution < -0.4 is 4.90 Å². The van der Waals surface area contributed by atoms with Gasteiger partial charge >= 0.3 is 0 Å². The van der Waals surface area contributed by atoms with Crippen molar-refractivity contribution in [3.63, 3.8) is 0 Å². The number of nitrogens with zero attached hydrogens (tertiary/aromatic N) is 1. The van der Waals surface area contributed by atoms with Crippen molar-refractivity contribution >= 4 is 60.5 Å². The average molecular weight is 744 g/mol. The first kappa shape index (κ1) is 33.3. The van der Waals surface area contributed by atoms with Crippen LogP contribution in [-0.2, 0) is 10.8 Å². The number of furan rings is 1. The van der Waals surface area contributed by atoms with E-state index in [4.69, 9.17) is 4.42 Å². The van der Waals surface area contributed by atoms with E-state index in [1.165, 1.54) is 66.1 Å². The van der Waals surface area contributed by atoms with Gasteiger partial charge in [-0.1, -0.05) is 155 Å². The lowest BCUT2D eigenvalue weighted by Gasteiger charge is -2.30. The van der Waals surface area contributed by atoms with E-state index in [9.17, 15) is 0 Å². The summed E-state index contributed by atoms with van der Waals surface area (Å²) in [5.41, 5.74) is 17.9. The van der Waals surface area contributed by atoms with Crippen LogP contribution in [0.5, 0.6) is 0 Å². The van der Waals surface area contributed by atoms with Gasteiger partial charge in [0.05, 0.1) is 11.1 Å². The van der Waals surface area contributed by atoms with E-state index >= 15 is 0 Å². The highest BCUT2D eigenvalue weighted by Crippen LogP contribution is 2.54. The number of fused-ring (bicyclic) bond motifs is 11. The van der Waals surface area contributed by atoms with Crippen molar-refractivity contribution in [3.8, 4) is 33.4 Å². The van der Waals surface area contributed by atoms with E-state index in [2.05, 4.69) is 209 Å². The van der Waals surface area contributed by atoms with E-state index < -0.39 is 0 Å². The zero-order chi connectivity index (χ0) is 38.9. The van der Waals surface area contributed by atoms with Gasteiger partial charge in [-0.25, -0.2) is 0 Å². The Morgan fingerprint density at radius 2 is 0.983 bits per heavy atom. The van der Waals surface area contributed by atoms with Crippen LogP contribution in [-0.4, -0.2) is 0 Å². The summed E-state index contributed by atoms with van der Waals surface area (Å²) in [4.78, 5) is 2.49. The van der Waals surface area contributed by atoms with E-state index in [1.807, 2.05) is 0 Å². The summed E-state index contributed by atoms with van der Waals surface area (Å²) in [6.45, 7) is 9.46. The van der Waals surface area contributed by atoms with E-state index in [0.29, 0.717) is 0 Å². The molecule has 0 N–H and O–H groups in total. The molecule has 1 aromatic heterocycles. The fraction of sp³-hybridized carbons (Fsp3) is 0.107. The Hall–Kier alpha value is -6.90. The molecule has 2 aliphatic carbocycles. The molecular formula is C56H41NO. The molecule has 0 bridgehead atoms. The second-order valence-electron chi connectivity index (χ2n) is 17.3. The Morgan fingerprint density at radius 3 is 1.66 bits per heavy atom. The van der Waals surface area contributed by atoms with E-state index in [1.54, 1.807) is 0 Å². The second kappa shape index (κ2) is 11.8. The van der Waals surface area contributed by atoms with Crippen LogP contribution in [0.2, 0.25) is 0 Å². The Balaban J connectivity index is 1.14. The van der Waals surface area contributed by atoms with Crippen molar-refractivity contribution in [1.82, 2.24) is 0 Å². The number of hydrogen-bond acceptors (Lipinski definition) is 2. The van der Waals surface area contributed by atoms with Gasteiger partial charge in [0, 0.05) is 33.2 Å². The standard InChI is InChI=1S/C56H41NO/c1-55(2)46-20-11-9-18-41(46)43-28-26-38(32-48(43)55)57(39-27-29-44-42-19-10-12-21-47(42)56(3,4)49(44)33-39)50-22-13-23-51-53(50)45-31-36-16-7-8-17-40(36)52(54(45)58-51)37-25-24-34-14-5-6-15-35(34)30-37/h5-33H,1-4H3. The van der Waals surface area contributed by atoms with Gasteiger partial charge in [-0.05, 0) is 120 Å². The van der Waals surface area contributed by atoms with Gasteiger partial charge in [0.25, 0.3) is 0 Å². The van der Waals surface area contributed by atoms with Crippen molar-refractivity contribution in [2.45, 2.75) is 38.5 Å². The maximum atomic E-state index is 7.09. The van der Waals surface area contributed by atoms with Crippen LogP contribution in [0.4, 0.5) is 17.1 Å². The first-order valence-corrected chi connectivity index (χ1v) is 20.4. The molecule has 0 radical (unpaired) electrons. The third kappa shape index (κ3) is 4.54. The summed E-state index contributed by atoms with van der Waals surface area (Å²) >= 11 is 0. The van der Waals surface area contributed by atoms with Gasteiger partial charge in [-0.2, -0.15) is 0 Å². The Bertz CT molecular complexity index is 3250. The topological polar surface area (TPSA) is 16.4 Å². The highest BCUT2D eigenvalue weighted by molar-refractivity contribution is 6.22. The van der Waals surface area contributed by atoms with Gasteiger partial charge in [0.2, 0.25) is 0 Å². The summed E-state index contributed by atoms with van der Waals surface area (Å²) in [7, 11) is 0. The average Bonchev–Trinajstić information content (AvgIpc) is 3.82. The minimum absolute atomic E-state index is 0.142. The molecule has 9 aromatic carbocycles. The van der Waals surface area contributed by atoms with Gasteiger partial charge in [0.1, 0.15) is 11.2 Å². The number of anilines is 3. The molecule has 10 aromatic rings. The minimum Gasteiger partial charge on any atom is -0.455 e. The lowest BCUT2D eigenvalue weighted by atomic mass is 9.82. The van der Waals surface area contributed by atoms with Crippen molar-refractivity contribution in [2.75, 3.05) is 4.90 Å². The zero-order valence-electron chi connectivity index (χ0n) is 33.1. The predicted octanol–water partition coefficient (Wildman–Crippen LogP) is 15.6. The molecule has 58 heavy (non-hydrogen) atoms. The third-order valence-electron chi connectivity index (χ3n) is 13.4. The van der Waals surface area contributed by atoms with Crippen molar-refractivity contribution in [1.29, 1.82) is 0 Å². The molecule has 0 atom stereocenters. The third-order valence-corrected chi connectivity index (χ3v) is 13.4. The largest absolute Gasteiger partial charge is 0.455 e. The number of hydrogen-bond donors (Lipinski definition) is 0. The Labute approximate surface area is 338 Å². The van der Waals surface area contributed by atoms with Crippen LogP contribution >= 0.6 is 0 Å². The maximum absolute atomic E-state index is 7.09. The van der Waals surface area contributed by atoms with Crippen LogP contribution in [0.3, 0.4) is 0 Å². The molecule has 1 heterocycles. The highest BCUT2D eigenvalue weighted by Gasteiger charge is 2.38. The fourth-order valence-electron chi connectivity index (χ4n) is 10.5. The van der Waals surface area contributed by atoms with Crippen LogP contribution in [0.1, 0.15) is 49.9 Å². The summed E-state index contributed by atoms with van der Waals surface area (Å²) in [5, 5.41) is 7.04. The predicted molar refractivity (Wildman–Crippen MR) is 244 cm³/mol. The van der Waals surface area contributed by atoms with Crippen molar-refractivity contribution in [2.24, 2.45) is 0 Å². The molecule has 0 saturated heterocycles. The van der Waals surface area contributed by atoms with E-state index in [-0.39, 0.29) is 10.8 Å². The van der Waals surface area contributed by atoms with Crippen molar-refractivity contribution < 1.29 is 4.42 Å². The maximum Gasteiger partial charge on any atom is 0.143 e. The lowest BCUT2D eigenvalue weighted by molar-refractivity contribution is 0.660. The summed E-state index contributed by atoms with van der Waals surface area (Å²) < 4.78 is 7.09. The highest BCUT2D eigenvalue weighted by atomic mass is 16.3. The summed E-state index contributed by atoms with van der Waals surface area (Å²) in [6, 6.07) is 65.1. The molecule has 0 saturated carbocycles. The van der Waals surface area contributed by atoms with Gasteiger partial charge in [-0.15, -0.1) is 0 Å². The quantitative estimate of drug-likeness (QED) is 0.178. The smallest absolute Gasteiger partial charge is 0.143 e. The molecular weight excluding hydrogens is 703 g/mol. The molecule has 2 nitrogen and oxygen atoms in total. The molecule has 276 valence electrons. The second-order valence-corrected chi connectivity index (χ2v) is 17.3. The monoisotopic (exact) mass is 743 g/mol. The van der Waals surface area contributed by atoms with Gasteiger partial charge in [-0.3, -0.25) is 0 Å². The summed E-state index contributed by atoms with van der Waals surface area (Å²) in [6.07, 6.45) is 0. The molecule has 12 rings (SSSR count). The van der Waals surface area contributed by atoms with Crippen LogP contribution in [0.25, 0.3) is 76.9 Å². The zero-order valence-corrected chi connectivity index (χ0v) is 33.1.